The van der Waals surface area contributed by atoms with Crippen molar-refractivity contribution in [2.45, 2.75) is 38.0 Å². The van der Waals surface area contributed by atoms with E-state index in [-0.39, 0.29) is 11.2 Å². The number of nitrogens with one attached hydrogen (secondary N) is 2. The second kappa shape index (κ2) is 8.88. The number of thioether (sulfide) groups is 1. The largest absolute Gasteiger partial charge is 0.444 e. The van der Waals surface area contributed by atoms with E-state index in [0.717, 1.165) is 12.0 Å². The zero-order valence-electron chi connectivity index (χ0n) is 16.4. The van der Waals surface area contributed by atoms with Gasteiger partial charge in [-0.1, -0.05) is 23.7 Å². The van der Waals surface area contributed by atoms with Gasteiger partial charge in [0, 0.05) is 11.4 Å². The molecule has 1 aliphatic rings. The molecule has 152 valence electrons. The van der Waals surface area contributed by atoms with Gasteiger partial charge in [-0.25, -0.2) is 9.78 Å². The molecule has 2 N–H and O–H groups in total. The van der Waals surface area contributed by atoms with Gasteiger partial charge in [0.25, 0.3) is 5.91 Å². The highest BCUT2D eigenvalue weighted by Gasteiger charge is 2.20. The number of amides is 2. The first-order chi connectivity index (χ1) is 13.7. The standard InChI is InChI=1S/C21H22ClN3O3S/c1-21(2,3)28-20(27)25-15-8-6-13(17-5-4-10-29-17)11-16(15)24-19(26)14-7-9-18(22)23-12-14/h4,6-12,17H,5H2,1-3H3,(H,24,26)(H,25,27). The predicted octanol–water partition coefficient (Wildman–Crippen LogP) is 6.03. The van der Waals surface area contributed by atoms with Crippen LogP contribution in [0.2, 0.25) is 5.15 Å². The average molecular weight is 432 g/mol. The van der Waals surface area contributed by atoms with Crippen LogP contribution in [-0.4, -0.2) is 22.6 Å². The summed E-state index contributed by atoms with van der Waals surface area (Å²) in [5.74, 6) is -0.351. The predicted molar refractivity (Wildman–Crippen MR) is 118 cm³/mol. The average Bonchev–Trinajstić information content (AvgIpc) is 3.16. The summed E-state index contributed by atoms with van der Waals surface area (Å²) in [6.45, 7) is 5.36. The van der Waals surface area contributed by atoms with E-state index in [4.69, 9.17) is 16.3 Å². The first-order valence-corrected chi connectivity index (χ1v) is 10.4. The molecular formula is C21H22ClN3O3S. The van der Waals surface area contributed by atoms with Crippen molar-refractivity contribution < 1.29 is 14.3 Å². The summed E-state index contributed by atoms with van der Waals surface area (Å²) < 4.78 is 5.33. The minimum Gasteiger partial charge on any atom is -0.444 e. The lowest BCUT2D eigenvalue weighted by Crippen LogP contribution is -2.27. The molecule has 0 radical (unpaired) electrons. The third-order valence-corrected chi connectivity index (χ3v) is 5.34. The number of nitrogens with zero attached hydrogens (tertiary/aromatic N) is 1. The summed E-state index contributed by atoms with van der Waals surface area (Å²) in [5.41, 5.74) is 1.73. The molecule has 0 saturated carbocycles. The van der Waals surface area contributed by atoms with Crippen LogP contribution < -0.4 is 10.6 Å². The zero-order valence-corrected chi connectivity index (χ0v) is 17.9. The van der Waals surface area contributed by atoms with Crippen molar-refractivity contribution in [2.24, 2.45) is 0 Å². The molecule has 1 aromatic carbocycles. The third-order valence-electron chi connectivity index (χ3n) is 3.98. The van der Waals surface area contributed by atoms with Gasteiger partial charge in [-0.3, -0.25) is 10.1 Å². The molecule has 0 bridgehead atoms. The van der Waals surface area contributed by atoms with Crippen molar-refractivity contribution in [1.82, 2.24) is 4.98 Å². The maximum atomic E-state index is 12.7. The quantitative estimate of drug-likeness (QED) is 0.578. The minimum atomic E-state index is -0.630. The summed E-state index contributed by atoms with van der Waals surface area (Å²) in [4.78, 5) is 28.8. The van der Waals surface area contributed by atoms with Crippen LogP contribution in [0.15, 0.2) is 48.0 Å². The Hall–Kier alpha value is -2.51. The Balaban J connectivity index is 1.85. The van der Waals surface area contributed by atoms with Gasteiger partial charge in [0.1, 0.15) is 10.8 Å². The smallest absolute Gasteiger partial charge is 0.412 e. The number of benzene rings is 1. The summed E-state index contributed by atoms with van der Waals surface area (Å²) >= 11 is 7.51. The van der Waals surface area contributed by atoms with E-state index in [0.29, 0.717) is 22.1 Å². The summed E-state index contributed by atoms with van der Waals surface area (Å²) in [6.07, 6.45) is 3.84. The SMILES string of the molecule is CC(C)(C)OC(=O)Nc1ccc(C2CC=CS2)cc1NC(=O)c1ccc(Cl)nc1. The summed E-state index contributed by atoms with van der Waals surface area (Å²) in [6, 6.07) is 8.73. The normalized spacial score (nSPS) is 15.8. The highest BCUT2D eigenvalue weighted by molar-refractivity contribution is 8.02. The Bertz CT molecular complexity index is 931. The highest BCUT2D eigenvalue weighted by Crippen LogP contribution is 2.40. The maximum absolute atomic E-state index is 12.7. The monoisotopic (exact) mass is 431 g/mol. The van der Waals surface area contributed by atoms with E-state index in [1.54, 1.807) is 50.7 Å². The third kappa shape index (κ3) is 5.98. The fourth-order valence-electron chi connectivity index (χ4n) is 2.69. The van der Waals surface area contributed by atoms with Gasteiger partial charge in [-0.2, -0.15) is 0 Å². The molecule has 2 heterocycles. The van der Waals surface area contributed by atoms with E-state index in [2.05, 4.69) is 27.1 Å². The van der Waals surface area contributed by atoms with Crippen LogP contribution in [0.1, 0.15) is 48.4 Å². The van der Waals surface area contributed by atoms with Gasteiger partial charge >= 0.3 is 6.09 Å². The van der Waals surface area contributed by atoms with Crippen molar-refractivity contribution in [1.29, 1.82) is 0 Å². The molecule has 0 aliphatic carbocycles. The van der Waals surface area contributed by atoms with Crippen LogP contribution >= 0.6 is 23.4 Å². The fourth-order valence-corrected chi connectivity index (χ4v) is 3.74. The molecule has 0 fully saturated rings. The number of halogens is 1. The van der Waals surface area contributed by atoms with E-state index in [1.807, 2.05) is 12.1 Å². The molecule has 2 aromatic rings. The van der Waals surface area contributed by atoms with Crippen LogP contribution in [0.3, 0.4) is 0 Å². The fraction of sp³-hybridized carbons (Fsp3) is 0.286. The van der Waals surface area contributed by atoms with Crippen molar-refractivity contribution in [2.75, 3.05) is 10.6 Å². The van der Waals surface area contributed by atoms with Crippen LogP contribution in [-0.2, 0) is 4.74 Å². The second-order valence-corrected chi connectivity index (χ2v) is 8.99. The molecule has 6 nitrogen and oxygen atoms in total. The molecule has 8 heteroatoms. The summed E-state index contributed by atoms with van der Waals surface area (Å²) in [7, 11) is 0. The Morgan fingerprint density at radius 2 is 1.97 bits per heavy atom. The van der Waals surface area contributed by atoms with Gasteiger partial charge in [0.2, 0.25) is 0 Å². The van der Waals surface area contributed by atoms with Crippen molar-refractivity contribution in [3.63, 3.8) is 0 Å². The number of anilines is 2. The van der Waals surface area contributed by atoms with E-state index in [1.165, 1.54) is 6.20 Å². The van der Waals surface area contributed by atoms with Gasteiger partial charge in [0.15, 0.2) is 0 Å². The topological polar surface area (TPSA) is 80.3 Å². The number of ether oxygens (including phenoxy) is 1. The number of carbonyl (C=O) groups excluding carboxylic acids is 2. The Morgan fingerprint density at radius 3 is 2.59 bits per heavy atom. The molecule has 1 aromatic heterocycles. The maximum Gasteiger partial charge on any atom is 0.412 e. The van der Waals surface area contributed by atoms with Gasteiger partial charge in [-0.05, 0) is 62.4 Å². The zero-order chi connectivity index (χ0) is 21.0. The molecule has 0 saturated heterocycles. The van der Waals surface area contributed by atoms with Crippen LogP contribution in [0, 0.1) is 0 Å². The Labute approximate surface area is 179 Å². The highest BCUT2D eigenvalue weighted by atomic mass is 35.5. The lowest BCUT2D eigenvalue weighted by Gasteiger charge is -2.21. The molecule has 0 spiro atoms. The molecule has 3 rings (SSSR count). The number of hydrogen-bond donors (Lipinski definition) is 2. The van der Waals surface area contributed by atoms with Crippen molar-refractivity contribution in [3.8, 4) is 0 Å². The van der Waals surface area contributed by atoms with Crippen LogP contribution in [0.25, 0.3) is 0 Å². The first kappa shape index (κ1) is 21.2. The van der Waals surface area contributed by atoms with Crippen LogP contribution in [0.5, 0.6) is 0 Å². The van der Waals surface area contributed by atoms with E-state index in [9.17, 15) is 9.59 Å². The molecule has 2 amide bonds. The Morgan fingerprint density at radius 1 is 1.17 bits per heavy atom. The van der Waals surface area contributed by atoms with Crippen molar-refractivity contribution >= 4 is 46.7 Å². The number of pyridine rings is 1. The van der Waals surface area contributed by atoms with Crippen LogP contribution in [0.4, 0.5) is 16.2 Å². The molecule has 1 aliphatic heterocycles. The van der Waals surface area contributed by atoms with E-state index >= 15 is 0 Å². The summed E-state index contributed by atoms with van der Waals surface area (Å²) in [5, 5.41) is 8.22. The van der Waals surface area contributed by atoms with Gasteiger partial charge < -0.3 is 10.1 Å². The molecular weight excluding hydrogens is 410 g/mol. The number of carbonyl (C=O) groups is 2. The molecule has 29 heavy (non-hydrogen) atoms. The molecule has 1 unspecified atom stereocenters. The lowest BCUT2D eigenvalue weighted by molar-refractivity contribution is 0.0635. The Kier molecular flexibility index (Phi) is 6.49. The van der Waals surface area contributed by atoms with Gasteiger partial charge in [0.05, 0.1) is 16.9 Å². The number of aromatic nitrogens is 1. The number of allylic oxidation sites excluding steroid dienone is 1. The second-order valence-electron chi connectivity index (χ2n) is 7.49. The molecule has 1 atom stereocenters. The van der Waals surface area contributed by atoms with E-state index < -0.39 is 11.7 Å². The lowest BCUT2D eigenvalue weighted by atomic mass is 10.1. The number of hydrogen-bond acceptors (Lipinski definition) is 5. The first-order valence-electron chi connectivity index (χ1n) is 9.08. The van der Waals surface area contributed by atoms with Crippen molar-refractivity contribution in [3.05, 3.63) is 64.3 Å². The minimum absolute atomic E-state index is 0.276. The number of rotatable bonds is 4. The van der Waals surface area contributed by atoms with Gasteiger partial charge in [-0.15, -0.1) is 11.8 Å².